The van der Waals surface area contributed by atoms with Gasteiger partial charge in [-0.3, -0.25) is 4.79 Å². The molecule has 0 aliphatic heterocycles. The van der Waals surface area contributed by atoms with E-state index in [-0.39, 0.29) is 29.4 Å². The number of carbonyl (C=O) groups is 1. The topological polar surface area (TPSA) is 102 Å². The average Bonchev–Trinajstić information content (AvgIpc) is 2.36. The maximum Gasteiger partial charge on any atom is 0.307 e. The van der Waals surface area contributed by atoms with Crippen molar-refractivity contribution >= 4 is 16.0 Å². The third kappa shape index (κ3) is 3.61. The first kappa shape index (κ1) is 16.3. The van der Waals surface area contributed by atoms with Gasteiger partial charge < -0.3 is 14.6 Å². The van der Waals surface area contributed by atoms with Gasteiger partial charge in [0.2, 0.25) is 10.0 Å². The standard InChI is InChI=1S/C12H17NO6S/c1-4-13-20(16,17)10-6-8(7-11(14)15)5-9(18-2)12(10)19-3/h5-6,13H,4,7H2,1-3H3,(H,14,15). The lowest BCUT2D eigenvalue weighted by atomic mass is 10.1. The molecule has 20 heavy (non-hydrogen) atoms. The van der Waals surface area contributed by atoms with Crippen molar-refractivity contribution in [3.05, 3.63) is 17.7 Å². The van der Waals surface area contributed by atoms with Gasteiger partial charge in [0.1, 0.15) is 4.90 Å². The van der Waals surface area contributed by atoms with Crippen molar-refractivity contribution in [3.63, 3.8) is 0 Å². The molecule has 1 aromatic carbocycles. The molecule has 0 amide bonds. The first-order valence-corrected chi connectivity index (χ1v) is 7.30. The van der Waals surface area contributed by atoms with E-state index in [1.165, 1.54) is 26.4 Å². The Labute approximate surface area is 117 Å². The summed E-state index contributed by atoms with van der Waals surface area (Å²) in [4.78, 5) is 10.6. The fourth-order valence-corrected chi connectivity index (χ4v) is 3.00. The summed E-state index contributed by atoms with van der Waals surface area (Å²) in [7, 11) is -1.12. The average molecular weight is 303 g/mol. The highest BCUT2D eigenvalue weighted by molar-refractivity contribution is 7.89. The van der Waals surface area contributed by atoms with Crippen LogP contribution in [0.25, 0.3) is 0 Å². The van der Waals surface area contributed by atoms with Crippen molar-refractivity contribution in [2.24, 2.45) is 0 Å². The van der Waals surface area contributed by atoms with E-state index in [4.69, 9.17) is 14.6 Å². The summed E-state index contributed by atoms with van der Waals surface area (Å²) >= 11 is 0. The van der Waals surface area contributed by atoms with Crippen LogP contribution in [-0.2, 0) is 21.2 Å². The van der Waals surface area contributed by atoms with E-state index in [0.717, 1.165) is 0 Å². The Balaban J connectivity index is 3.49. The van der Waals surface area contributed by atoms with Gasteiger partial charge in [0.25, 0.3) is 0 Å². The van der Waals surface area contributed by atoms with Crippen LogP contribution in [0.15, 0.2) is 17.0 Å². The molecule has 0 fully saturated rings. The molecule has 0 saturated carbocycles. The van der Waals surface area contributed by atoms with Crippen molar-refractivity contribution in [3.8, 4) is 11.5 Å². The molecular formula is C12H17NO6S. The maximum absolute atomic E-state index is 12.1. The fraction of sp³-hybridized carbons (Fsp3) is 0.417. The molecule has 0 unspecified atom stereocenters. The normalized spacial score (nSPS) is 11.2. The number of benzene rings is 1. The summed E-state index contributed by atoms with van der Waals surface area (Å²) < 4.78 is 36.7. The highest BCUT2D eigenvalue weighted by Gasteiger charge is 2.23. The van der Waals surface area contributed by atoms with Gasteiger partial charge in [-0.15, -0.1) is 0 Å². The molecule has 0 bridgehead atoms. The first-order chi connectivity index (χ1) is 9.35. The third-order valence-corrected chi connectivity index (χ3v) is 4.03. The lowest BCUT2D eigenvalue weighted by Gasteiger charge is -2.15. The van der Waals surface area contributed by atoms with Crippen LogP contribution in [0.2, 0.25) is 0 Å². The fourth-order valence-electron chi connectivity index (χ4n) is 1.73. The molecule has 0 radical (unpaired) electrons. The van der Waals surface area contributed by atoms with Gasteiger partial charge in [-0.05, 0) is 17.7 Å². The quantitative estimate of drug-likeness (QED) is 0.766. The molecular weight excluding hydrogens is 286 g/mol. The second-order valence-electron chi connectivity index (χ2n) is 3.90. The van der Waals surface area contributed by atoms with Crippen LogP contribution in [0.3, 0.4) is 0 Å². The molecule has 0 aliphatic rings. The van der Waals surface area contributed by atoms with Gasteiger partial charge in [-0.2, -0.15) is 0 Å². The zero-order valence-electron chi connectivity index (χ0n) is 11.5. The zero-order valence-corrected chi connectivity index (χ0v) is 12.3. The molecule has 2 N–H and O–H groups in total. The minimum absolute atomic E-state index is 0.0441. The van der Waals surface area contributed by atoms with Crippen molar-refractivity contribution in [1.29, 1.82) is 0 Å². The molecule has 112 valence electrons. The molecule has 0 spiro atoms. The molecule has 7 nitrogen and oxygen atoms in total. The Morgan fingerprint density at radius 3 is 2.40 bits per heavy atom. The SMILES string of the molecule is CCNS(=O)(=O)c1cc(CC(=O)O)cc(OC)c1OC. The molecule has 0 heterocycles. The number of aliphatic carboxylic acids is 1. The van der Waals surface area contributed by atoms with Gasteiger partial charge in [0, 0.05) is 6.54 Å². The van der Waals surface area contributed by atoms with Crippen LogP contribution in [0.1, 0.15) is 12.5 Å². The molecule has 1 rings (SSSR count). The Bertz CT molecular complexity index is 596. The van der Waals surface area contributed by atoms with Gasteiger partial charge in [0.15, 0.2) is 11.5 Å². The van der Waals surface area contributed by atoms with Gasteiger partial charge in [-0.25, -0.2) is 13.1 Å². The van der Waals surface area contributed by atoms with Crippen molar-refractivity contribution in [2.45, 2.75) is 18.2 Å². The van der Waals surface area contributed by atoms with Crippen molar-refractivity contribution in [1.82, 2.24) is 4.72 Å². The number of hydrogen-bond acceptors (Lipinski definition) is 5. The Morgan fingerprint density at radius 1 is 1.30 bits per heavy atom. The maximum atomic E-state index is 12.1. The number of nitrogens with one attached hydrogen (secondary N) is 1. The van der Waals surface area contributed by atoms with Gasteiger partial charge in [-0.1, -0.05) is 6.92 Å². The van der Waals surface area contributed by atoms with E-state index in [1.807, 2.05) is 0 Å². The van der Waals surface area contributed by atoms with Crippen LogP contribution in [0, 0.1) is 0 Å². The van der Waals surface area contributed by atoms with E-state index in [0.29, 0.717) is 5.56 Å². The number of carboxylic acids is 1. The van der Waals surface area contributed by atoms with Crippen molar-refractivity contribution < 1.29 is 27.8 Å². The Kier molecular flexibility index (Phi) is 5.34. The van der Waals surface area contributed by atoms with E-state index in [9.17, 15) is 13.2 Å². The number of hydrogen-bond donors (Lipinski definition) is 2. The van der Waals surface area contributed by atoms with Crippen LogP contribution >= 0.6 is 0 Å². The summed E-state index contributed by atoms with van der Waals surface area (Å²) in [5.41, 5.74) is 0.312. The Morgan fingerprint density at radius 2 is 1.95 bits per heavy atom. The zero-order chi connectivity index (χ0) is 15.3. The molecule has 1 aromatic rings. The largest absolute Gasteiger partial charge is 0.493 e. The highest BCUT2D eigenvalue weighted by atomic mass is 32.2. The number of methoxy groups -OCH3 is 2. The molecule has 0 aromatic heterocycles. The molecule has 0 aliphatic carbocycles. The minimum atomic E-state index is -3.79. The van der Waals surface area contributed by atoms with E-state index >= 15 is 0 Å². The minimum Gasteiger partial charge on any atom is -0.493 e. The van der Waals surface area contributed by atoms with Gasteiger partial charge in [0.05, 0.1) is 20.6 Å². The molecule has 0 saturated heterocycles. The van der Waals surface area contributed by atoms with E-state index in [2.05, 4.69) is 4.72 Å². The number of ether oxygens (including phenoxy) is 2. The van der Waals surface area contributed by atoms with E-state index < -0.39 is 16.0 Å². The second-order valence-corrected chi connectivity index (χ2v) is 5.64. The van der Waals surface area contributed by atoms with E-state index in [1.54, 1.807) is 6.92 Å². The lowest BCUT2D eigenvalue weighted by molar-refractivity contribution is -0.136. The van der Waals surface area contributed by atoms with Crippen LogP contribution in [-0.4, -0.2) is 40.3 Å². The smallest absolute Gasteiger partial charge is 0.307 e. The molecule has 0 atom stereocenters. The number of rotatable bonds is 7. The summed E-state index contributed by atoms with van der Waals surface area (Å²) in [6, 6.07) is 2.71. The summed E-state index contributed by atoms with van der Waals surface area (Å²) in [5.74, 6) is -0.852. The van der Waals surface area contributed by atoms with Crippen LogP contribution in [0.5, 0.6) is 11.5 Å². The monoisotopic (exact) mass is 303 g/mol. The van der Waals surface area contributed by atoms with Gasteiger partial charge >= 0.3 is 5.97 Å². The first-order valence-electron chi connectivity index (χ1n) is 5.82. The Hall–Kier alpha value is -1.80. The van der Waals surface area contributed by atoms with Crippen molar-refractivity contribution in [2.75, 3.05) is 20.8 Å². The number of carboxylic acid groups (broad SMARTS) is 1. The lowest BCUT2D eigenvalue weighted by Crippen LogP contribution is -2.24. The summed E-state index contributed by atoms with van der Waals surface area (Å²) in [6.45, 7) is 1.85. The van der Waals surface area contributed by atoms with Crippen LogP contribution in [0.4, 0.5) is 0 Å². The number of sulfonamides is 1. The highest BCUT2D eigenvalue weighted by Crippen LogP contribution is 2.35. The second kappa shape index (κ2) is 6.58. The predicted octanol–water partition coefficient (Wildman–Crippen LogP) is 0.629. The summed E-state index contributed by atoms with van der Waals surface area (Å²) in [6.07, 6.45) is -0.311. The van der Waals surface area contributed by atoms with Crippen LogP contribution < -0.4 is 14.2 Å². The third-order valence-electron chi connectivity index (χ3n) is 2.48. The summed E-state index contributed by atoms with van der Waals surface area (Å²) in [5, 5.41) is 8.82. The predicted molar refractivity (Wildman–Crippen MR) is 71.7 cm³/mol. The molecule has 8 heteroatoms.